The fourth-order valence-corrected chi connectivity index (χ4v) is 2.82. The maximum atomic E-state index is 3.45. The van der Waals surface area contributed by atoms with E-state index < -0.39 is 0 Å². The van der Waals surface area contributed by atoms with Gasteiger partial charge in [0, 0.05) is 6.04 Å². The summed E-state index contributed by atoms with van der Waals surface area (Å²) in [6, 6.07) is 9.52. The van der Waals surface area contributed by atoms with E-state index in [2.05, 4.69) is 36.6 Å². The fraction of sp³-hybridized carbons (Fsp3) is 0.500. The van der Waals surface area contributed by atoms with E-state index in [9.17, 15) is 0 Å². The van der Waals surface area contributed by atoms with Gasteiger partial charge in [0.05, 0.1) is 0 Å². The topological polar surface area (TPSA) is 12.0 Å². The third-order valence-corrected chi connectivity index (χ3v) is 3.59. The van der Waals surface area contributed by atoms with Crippen LogP contribution in [0.2, 0.25) is 0 Å². The van der Waals surface area contributed by atoms with Gasteiger partial charge in [0.15, 0.2) is 0 Å². The summed E-state index contributed by atoms with van der Waals surface area (Å²) >= 11 is 0. The molecule has 1 fully saturated rings. The second-order valence-electron chi connectivity index (χ2n) is 4.33. The van der Waals surface area contributed by atoms with Gasteiger partial charge in [-0.25, -0.2) is 0 Å². The van der Waals surface area contributed by atoms with Crippen molar-refractivity contribution in [2.45, 2.75) is 18.9 Å². The number of rotatable bonds is 1. The van der Waals surface area contributed by atoms with Crippen LogP contribution in [-0.2, 0) is 6.42 Å². The fourth-order valence-electron chi connectivity index (χ4n) is 2.82. The van der Waals surface area contributed by atoms with Crippen LogP contribution in [0.15, 0.2) is 24.3 Å². The monoisotopic (exact) mass is 173 g/mol. The number of fused-ring (bicyclic) bond motifs is 2. The highest BCUT2D eigenvalue weighted by molar-refractivity contribution is 5.36. The molecule has 2 aliphatic carbocycles. The van der Waals surface area contributed by atoms with Crippen molar-refractivity contribution < 1.29 is 0 Å². The van der Waals surface area contributed by atoms with Gasteiger partial charge in [-0.15, -0.1) is 0 Å². The molecular weight excluding hydrogens is 158 g/mol. The number of nitrogens with one attached hydrogen (secondary N) is 1. The normalized spacial score (nSPS) is 35.0. The highest BCUT2D eigenvalue weighted by Gasteiger charge is 2.46. The van der Waals surface area contributed by atoms with Gasteiger partial charge >= 0.3 is 0 Å². The Morgan fingerprint density at radius 1 is 1.31 bits per heavy atom. The summed E-state index contributed by atoms with van der Waals surface area (Å²) < 4.78 is 0. The van der Waals surface area contributed by atoms with Crippen LogP contribution in [0.5, 0.6) is 0 Å². The lowest BCUT2D eigenvalue weighted by atomic mass is 9.88. The first-order valence-corrected chi connectivity index (χ1v) is 5.15. The average molecular weight is 173 g/mol. The van der Waals surface area contributed by atoms with E-state index in [1.54, 1.807) is 11.1 Å². The molecule has 2 aliphatic rings. The molecule has 1 saturated carbocycles. The zero-order valence-corrected chi connectivity index (χ0v) is 7.96. The first-order chi connectivity index (χ1) is 6.40. The number of hydrogen-bond donors (Lipinski definition) is 1. The van der Waals surface area contributed by atoms with E-state index in [-0.39, 0.29) is 0 Å². The van der Waals surface area contributed by atoms with Crippen molar-refractivity contribution in [2.75, 3.05) is 7.05 Å². The van der Waals surface area contributed by atoms with Crippen LogP contribution in [0.3, 0.4) is 0 Å². The molecule has 3 unspecified atom stereocenters. The molecule has 1 aromatic carbocycles. The summed E-state index contributed by atoms with van der Waals surface area (Å²) in [4.78, 5) is 0. The van der Waals surface area contributed by atoms with E-state index in [4.69, 9.17) is 0 Å². The molecule has 0 bridgehead atoms. The first-order valence-electron chi connectivity index (χ1n) is 5.15. The number of hydrogen-bond acceptors (Lipinski definition) is 1. The van der Waals surface area contributed by atoms with Gasteiger partial charge in [0.1, 0.15) is 0 Å². The molecule has 0 aliphatic heterocycles. The molecule has 13 heavy (non-hydrogen) atoms. The third-order valence-electron chi connectivity index (χ3n) is 3.59. The van der Waals surface area contributed by atoms with Crippen molar-refractivity contribution in [2.24, 2.45) is 11.8 Å². The molecule has 1 nitrogen and oxygen atoms in total. The zero-order valence-electron chi connectivity index (χ0n) is 7.96. The summed E-state index contributed by atoms with van der Waals surface area (Å²) in [5.41, 5.74) is 3.12. The average Bonchev–Trinajstić information content (AvgIpc) is 2.92. The molecule has 1 N–H and O–H groups in total. The molecule has 1 aromatic rings. The SMILES string of the molecule is CNC1c2ccccc2CC2CC21. The lowest BCUT2D eigenvalue weighted by molar-refractivity contribution is 0.467. The Morgan fingerprint density at radius 2 is 2.15 bits per heavy atom. The minimum atomic E-state index is 0.634. The minimum Gasteiger partial charge on any atom is -0.313 e. The van der Waals surface area contributed by atoms with Crippen LogP contribution in [0.1, 0.15) is 23.6 Å². The third kappa shape index (κ3) is 1.03. The quantitative estimate of drug-likeness (QED) is 0.686. The molecule has 3 atom stereocenters. The summed E-state index contributed by atoms with van der Waals surface area (Å²) in [5, 5.41) is 3.45. The van der Waals surface area contributed by atoms with Gasteiger partial charge in [0.2, 0.25) is 0 Å². The van der Waals surface area contributed by atoms with Gasteiger partial charge in [-0.2, -0.15) is 0 Å². The Morgan fingerprint density at radius 3 is 3.00 bits per heavy atom. The van der Waals surface area contributed by atoms with Crippen molar-refractivity contribution in [3.8, 4) is 0 Å². The minimum absolute atomic E-state index is 0.634. The van der Waals surface area contributed by atoms with Crippen molar-refractivity contribution in [3.63, 3.8) is 0 Å². The summed E-state index contributed by atoms with van der Waals surface area (Å²) in [5.74, 6) is 1.91. The Kier molecular flexibility index (Phi) is 1.50. The van der Waals surface area contributed by atoms with Crippen LogP contribution in [0, 0.1) is 11.8 Å². The van der Waals surface area contributed by atoms with E-state index in [1.165, 1.54) is 12.8 Å². The van der Waals surface area contributed by atoms with Crippen LogP contribution in [0.25, 0.3) is 0 Å². The standard InChI is InChI=1S/C12H15N/c1-13-12-10-5-3-2-4-8(10)6-9-7-11(9)12/h2-5,9,11-13H,6-7H2,1H3. The highest BCUT2D eigenvalue weighted by atomic mass is 14.9. The summed E-state index contributed by atoms with van der Waals surface area (Å²) in [6.45, 7) is 0. The molecular formula is C12H15N. The maximum Gasteiger partial charge on any atom is 0.0351 e. The molecule has 68 valence electrons. The van der Waals surface area contributed by atoms with Gasteiger partial charge in [-0.05, 0) is 42.9 Å². The second-order valence-corrected chi connectivity index (χ2v) is 4.33. The second kappa shape index (κ2) is 2.58. The van der Waals surface area contributed by atoms with Crippen LogP contribution in [-0.4, -0.2) is 7.05 Å². The van der Waals surface area contributed by atoms with Crippen molar-refractivity contribution >= 4 is 0 Å². The molecule has 0 radical (unpaired) electrons. The van der Waals surface area contributed by atoms with Gasteiger partial charge in [-0.3, -0.25) is 0 Å². The Bertz CT molecular complexity index is 332. The lowest BCUT2D eigenvalue weighted by Gasteiger charge is -2.24. The van der Waals surface area contributed by atoms with Crippen molar-refractivity contribution in [3.05, 3.63) is 35.4 Å². The zero-order chi connectivity index (χ0) is 8.84. The predicted octanol–water partition coefficient (Wildman–Crippen LogP) is 2.14. The molecule has 0 heterocycles. The summed E-state index contributed by atoms with van der Waals surface area (Å²) in [6.07, 6.45) is 2.75. The van der Waals surface area contributed by atoms with E-state index in [1.807, 2.05) is 0 Å². The molecule has 0 saturated heterocycles. The lowest BCUT2D eigenvalue weighted by Crippen LogP contribution is -2.23. The van der Waals surface area contributed by atoms with Crippen LogP contribution >= 0.6 is 0 Å². The molecule has 3 rings (SSSR count). The predicted molar refractivity (Wildman–Crippen MR) is 53.5 cm³/mol. The highest BCUT2D eigenvalue weighted by Crippen LogP contribution is 2.53. The Balaban J connectivity index is 2.06. The van der Waals surface area contributed by atoms with E-state index >= 15 is 0 Å². The Labute approximate surface area is 79.2 Å². The van der Waals surface area contributed by atoms with E-state index in [0.29, 0.717) is 6.04 Å². The summed E-state index contributed by atoms with van der Waals surface area (Å²) in [7, 11) is 2.09. The van der Waals surface area contributed by atoms with Crippen LogP contribution < -0.4 is 5.32 Å². The van der Waals surface area contributed by atoms with Gasteiger partial charge in [0.25, 0.3) is 0 Å². The largest absolute Gasteiger partial charge is 0.313 e. The van der Waals surface area contributed by atoms with E-state index in [0.717, 1.165) is 11.8 Å². The first kappa shape index (κ1) is 7.57. The Hall–Kier alpha value is -0.820. The van der Waals surface area contributed by atoms with Crippen molar-refractivity contribution in [1.82, 2.24) is 5.32 Å². The molecule has 0 amide bonds. The molecule has 0 spiro atoms. The van der Waals surface area contributed by atoms with Gasteiger partial charge < -0.3 is 5.32 Å². The smallest absolute Gasteiger partial charge is 0.0351 e. The molecule has 1 heteroatoms. The van der Waals surface area contributed by atoms with Gasteiger partial charge in [-0.1, -0.05) is 24.3 Å². The number of benzene rings is 1. The molecule has 0 aromatic heterocycles. The maximum absolute atomic E-state index is 3.45. The van der Waals surface area contributed by atoms with Crippen molar-refractivity contribution in [1.29, 1.82) is 0 Å². The van der Waals surface area contributed by atoms with Crippen LogP contribution in [0.4, 0.5) is 0 Å².